The molecule has 1 aliphatic rings. The van der Waals surface area contributed by atoms with Crippen LogP contribution < -0.4 is 10.2 Å². The summed E-state index contributed by atoms with van der Waals surface area (Å²) in [6, 6.07) is 26.2. The fourth-order valence-corrected chi connectivity index (χ4v) is 4.14. The van der Waals surface area contributed by atoms with Gasteiger partial charge in [-0.2, -0.15) is 0 Å². The Labute approximate surface area is 187 Å². The summed E-state index contributed by atoms with van der Waals surface area (Å²) in [6.07, 6.45) is 0.678. The Hall–Kier alpha value is -3.64. The van der Waals surface area contributed by atoms with Gasteiger partial charge in [-0.1, -0.05) is 42.5 Å². The first-order valence-electron chi connectivity index (χ1n) is 11.0. The number of hydrogen-bond donors (Lipinski definition) is 1. The normalized spacial score (nSPS) is 13.9. The van der Waals surface area contributed by atoms with Crippen molar-refractivity contribution < 1.29 is 9.53 Å². The van der Waals surface area contributed by atoms with Crippen molar-refractivity contribution in [1.82, 2.24) is 9.55 Å². The summed E-state index contributed by atoms with van der Waals surface area (Å²) >= 11 is 0. The molecule has 32 heavy (non-hydrogen) atoms. The molecule has 1 N–H and O–H groups in total. The number of nitrogens with zero attached hydrogens (tertiary/aromatic N) is 3. The number of hydrogen-bond acceptors (Lipinski definition) is 4. The zero-order valence-electron chi connectivity index (χ0n) is 17.9. The van der Waals surface area contributed by atoms with Crippen LogP contribution in [0.2, 0.25) is 0 Å². The van der Waals surface area contributed by atoms with Crippen molar-refractivity contribution in [2.75, 3.05) is 36.5 Å². The lowest BCUT2D eigenvalue weighted by Crippen LogP contribution is -2.36. The van der Waals surface area contributed by atoms with Crippen molar-refractivity contribution in [1.29, 1.82) is 0 Å². The summed E-state index contributed by atoms with van der Waals surface area (Å²) in [4.78, 5) is 20.0. The van der Waals surface area contributed by atoms with Crippen molar-refractivity contribution in [3.63, 3.8) is 0 Å². The van der Waals surface area contributed by atoms with Crippen molar-refractivity contribution in [3.8, 4) is 0 Å². The van der Waals surface area contributed by atoms with Crippen LogP contribution in [0, 0.1) is 0 Å². The SMILES string of the molecule is O=C(Cn1c(Cc2ccccc2)nc2ccccc21)Nc1ccc(N2CCOCC2)cc1. The summed E-state index contributed by atoms with van der Waals surface area (Å²) in [5.74, 6) is 0.816. The van der Waals surface area contributed by atoms with Gasteiger partial charge in [-0.15, -0.1) is 0 Å². The number of fused-ring (bicyclic) bond motifs is 1. The Bertz CT molecular complexity index is 1200. The molecule has 5 rings (SSSR count). The van der Waals surface area contributed by atoms with Crippen molar-refractivity contribution in [2.24, 2.45) is 0 Å². The maximum Gasteiger partial charge on any atom is 0.244 e. The van der Waals surface area contributed by atoms with Gasteiger partial charge >= 0.3 is 0 Å². The average molecular weight is 427 g/mol. The molecule has 1 aromatic heterocycles. The van der Waals surface area contributed by atoms with E-state index in [0.717, 1.165) is 54.5 Å². The molecule has 1 saturated heterocycles. The van der Waals surface area contributed by atoms with Crippen LogP contribution in [0.25, 0.3) is 11.0 Å². The Morgan fingerprint density at radius 1 is 0.906 bits per heavy atom. The molecule has 0 aliphatic carbocycles. The molecule has 162 valence electrons. The van der Waals surface area contributed by atoms with Crippen LogP contribution in [0.5, 0.6) is 0 Å². The smallest absolute Gasteiger partial charge is 0.244 e. The van der Waals surface area contributed by atoms with E-state index in [9.17, 15) is 4.79 Å². The topological polar surface area (TPSA) is 59.4 Å². The van der Waals surface area contributed by atoms with Gasteiger partial charge in [0.1, 0.15) is 12.4 Å². The van der Waals surface area contributed by atoms with E-state index in [4.69, 9.17) is 9.72 Å². The quantitative estimate of drug-likeness (QED) is 0.504. The minimum atomic E-state index is -0.0680. The number of aromatic nitrogens is 2. The van der Waals surface area contributed by atoms with E-state index in [-0.39, 0.29) is 12.5 Å². The second-order valence-corrected chi connectivity index (χ2v) is 7.96. The Morgan fingerprint density at radius 2 is 1.62 bits per heavy atom. The maximum atomic E-state index is 12.9. The molecule has 3 aromatic carbocycles. The Kier molecular flexibility index (Phi) is 5.85. The number of amides is 1. The highest BCUT2D eigenvalue weighted by Crippen LogP contribution is 2.21. The van der Waals surface area contributed by atoms with Crippen molar-refractivity contribution in [3.05, 3.63) is 90.3 Å². The summed E-state index contributed by atoms with van der Waals surface area (Å²) in [5, 5.41) is 3.04. The molecule has 1 amide bonds. The summed E-state index contributed by atoms with van der Waals surface area (Å²) < 4.78 is 7.43. The zero-order chi connectivity index (χ0) is 21.8. The number of ether oxygens (including phenoxy) is 1. The van der Waals surface area contributed by atoms with Gasteiger partial charge in [0.25, 0.3) is 0 Å². The molecular weight excluding hydrogens is 400 g/mol. The van der Waals surface area contributed by atoms with Gasteiger partial charge in [-0.3, -0.25) is 4.79 Å². The van der Waals surface area contributed by atoms with E-state index >= 15 is 0 Å². The van der Waals surface area contributed by atoms with Crippen molar-refractivity contribution >= 4 is 28.3 Å². The third-order valence-corrected chi connectivity index (χ3v) is 5.77. The molecule has 0 saturated carbocycles. The molecule has 1 fully saturated rings. The summed E-state index contributed by atoms with van der Waals surface area (Å²) in [5.41, 5.74) is 4.98. The highest BCUT2D eigenvalue weighted by atomic mass is 16.5. The highest BCUT2D eigenvalue weighted by Gasteiger charge is 2.15. The third-order valence-electron chi connectivity index (χ3n) is 5.77. The third kappa shape index (κ3) is 4.50. The number of morpholine rings is 1. The number of carbonyl (C=O) groups excluding carboxylic acids is 1. The van der Waals surface area contributed by atoms with E-state index in [0.29, 0.717) is 6.42 Å². The van der Waals surface area contributed by atoms with Gasteiger partial charge in [-0.25, -0.2) is 4.98 Å². The molecule has 0 radical (unpaired) electrons. The van der Waals surface area contributed by atoms with Gasteiger partial charge in [0, 0.05) is 30.9 Å². The number of nitrogens with one attached hydrogen (secondary N) is 1. The Balaban J connectivity index is 1.32. The predicted octanol–water partition coefficient (Wildman–Crippen LogP) is 4.10. The summed E-state index contributed by atoms with van der Waals surface area (Å²) in [7, 11) is 0. The molecule has 0 unspecified atom stereocenters. The van der Waals surface area contributed by atoms with Crippen LogP contribution in [0.15, 0.2) is 78.9 Å². The van der Waals surface area contributed by atoms with Gasteiger partial charge in [0.15, 0.2) is 0 Å². The van der Waals surface area contributed by atoms with E-state index in [2.05, 4.69) is 22.3 Å². The molecule has 6 nitrogen and oxygen atoms in total. The van der Waals surface area contributed by atoms with Gasteiger partial charge in [-0.05, 0) is 42.0 Å². The monoisotopic (exact) mass is 426 g/mol. The van der Waals surface area contributed by atoms with Gasteiger partial charge in [0.2, 0.25) is 5.91 Å². The minimum absolute atomic E-state index is 0.0680. The maximum absolute atomic E-state index is 12.9. The second kappa shape index (κ2) is 9.24. The van der Waals surface area contributed by atoms with Crippen LogP contribution >= 0.6 is 0 Å². The predicted molar refractivity (Wildman–Crippen MR) is 127 cm³/mol. The van der Waals surface area contributed by atoms with Crippen LogP contribution in [-0.4, -0.2) is 41.8 Å². The van der Waals surface area contributed by atoms with Crippen LogP contribution in [0.1, 0.15) is 11.4 Å². The number of carbonyl (C=O) groups is 1. The molecule has 0 atom stereocenters. The summed E-state index contributed by atoms with van der Waals surface area (Å²) in [6.45, 7) is 3.51. The van der Waals surface area contributed by atoms with Crippen LogP contribution in [0.3, 0.4) is 0 Å². The first-order chi connectivity index (χ1) is 15.8. The fraction of sp³-hybridized carbons (Fsp3) is 0.231. The number of rotatable bonds is 6. The molecule has 1 aliphatic heterocycles. The second-order valence-electron chi connectivity index (χ2n) is 7.96. The lowest BCUT2D eigenvalue weighted by molar-refractivity contribution is -0.116. The fourth-order valence-electron chi connectivity index (χ4n) is 4.14. The van der Waals surface area contributed by atoms with Gasteiger partial charge in [0.05, 0.1) is 24.2 Å². The molecular formula is C26H26N4O2. The highest BCUT2D eigenvalue weighted by molar-refractivity contribution is 5.92. The first kappa shape index (κ1) is 20.3. The van der Waals surface area contributed by atoms with E-state index in [1.165, 1.54) is 5.56 Å². The van der Waals surface area contributed by atoms with Crippen LogP contribution in [-0.2, 0) is 22.5 Å². The lowest BCUT2D eigenvalue weighted by Gasteiger charge is -2.28. The van der Waals surface area contributed by atoms with E-state index in [1.807, 2.05) is 71.3 Å². The van der Waals surface area contributed by atoms with Gasteiger partial charge < -0.3 is 19.5 Å². The van der Waals surface area contributed by atoms with Crippen molar-refractivity contribution in [2.45, 2.75) is 13.0 Å². The zero-order valence-corrected chi connectivity index (χ0v) is 17.9. The molecule has 4 aromatic rings. The van der Waals surface area contributed by atoms with E-state index in [1.54, 1.807) is 0 Å². The number of imidazole rings is 1. The first-order valence-corrected chi connectivity index (χ1v) is 11.0. The molecule has 2 heterocycles. The number of benzene rings is 3. The minimum Gasteiger partial charge on any atom is -0.378 e. The largest absolute Gasteiger partial charge is 0.378 e. The number of anilines is 2. The average Bonchev–Trinajstić information content (AvgIpc) is 3.17. The molecule has 0 bridgehead atoms. The molecule has 0 spiro atoms. The standard InChI is InChI=1S/C26H26N4O2/c31-26(27-21-10-12-22(13-11-21)29-14-16-32-17-15-29)19-30-24-9-5-4-8-23(24)28-25(30)18-20-6-2-1-3-7-20/h1-13H,14-19H2,(H,27,31). The Morgan fingerprint density at radius 3 is 2.41 bits per heavy atom. The lowest BCUT2D eigenvalue weighted by atomic mass is 10.1. The molecule has 6 heteroatoms. The van der Waals surface area contributed by atoms with Crippen LogP contribution in [0.4, 0.5) is 11.4 Å². The van der Waals surface area contributed by atoms with E-state index < -0.39 is 0 Å². The number of para-hydroxylation sites is 2.